The first-order chi connectivity index (χ1) is 8.38. The van der Waals surface area contributed by atoms with Crippen molar-refractivity contribution < 1.29 is 9.53 Å². The quantitative estimate of drug-likeness (QED) is 0.773. The van der Waals surface area contributed by atoms with Crippen LogP contribution in [0.15, 0.2) is 36.5 Å². The molecule has 18 heavy (non-hydrogen) atoms. The molecule has 0 aliphatic heterocycles. The van der Waals surface area contributed by atoms with Gasteiger partial charge in [0.25, 0.3) is 0 Å². The molecule has 2 aromatic rings. The van der Waals surface area contributed by atoms with E-state index in [1.54, 1.807) is 7.05 Å². The lowest BCUT2D eigenvalue weighted by Gasteiger charge is -2.24. The minimum absolute atomic E-state index is 0.355. The Bertz CT molecular complexity index is 566. The van der Waals surface area contributed by atoms with Crippen LogP contribution in [0.3, 0.4) is 0 Å². The zero-order valence-corrected chi connectivity index (χ0v) is 11.2. The van der Waals surface area contributed by atoms with Crippen molar-refractivity contribution in [3.63, 3.8) is 0 Å². The molecule has 0 aromatic carbocycles. The fourth-order valence-electron chi connectivity index (χ4n) is 1.74. The molecule has 0 bridgehead atoms. The van der Waals surface area contributed by atoms with Crippen LogP contribution < -0.4 is 4.90 Å². The van der Waals surface area contributed by atoms with Gasteiger partial charge in [-0.25, -0.2) is 4.79 Å². The summed E-state index contributed by atoms with van der Waals surface area (Å²) in [6, 6.07) is 9.76. The Morgan fingerprint density at radius 2 is 1.94 bits per heavy atom. The molecule has 0 N–H and O–H groups in total. The second kappa shape index (κ2) is 4.37. The van der Waals surface area contributed by atoms with Crippen molar-refractivity contribution in [3.8, 4) is 0 Å². The highest BCUT2D eigenvalue weighted by Gasteiger charge is 2.21. The molecule has 1 amide bonds. The largest absolute Gasteiger partial charge is 0.443 e. The lowest BCUT2D eigenvalue weighted by molar-refractivity contribution is 0.0588. The van der Waals surface area contributed by atoms with Gasteiger partial charge in [0.2, 0.25) is 0 Å². The summed E-state index contributed by atoms with van der Waals surface area (Å²) < 4.78 is 7.29. The lowest BCUT2D eigenvalue weighted by atomic mass is 10.2. The zero-order valence-electron chi connectivity index (χ0n) is 11.2. The van der Waals surface area contributed by atoms with Gasteiger partial charge in [-0.3, -0.25) is 4.90 Å². The average molecular weight is 246 g/mol. The number of carbonyl (C=O) groups is 1. The first-order valence-electron chi connectivity index (χ1n) is 5.91. The van der Waals surface area contributed by atoms with Gasteiger partial charge >= 0.3 is 6.09 Å². The summed E-state index contributed by atoms with van der Waals surface area (Å²) in [6.07, 6.45) is 1.57. The maximum Gasteiger partial charge on any atom is 0.415 e. The third kappa shape index (κ3) is 2.47. The highest BCUT2D eigenvalue weighted by molar-refractivity contribution is 5.87. The van der Waals surface area contributed by atoms with Crippen LogP contribution in [0.4, 0.5) is 10.6 Å². The molecular formula is C14H18N2O2. The van der Waals surface area contributed by atoms with Gasteiger partial charge in [-0.2, -0.15) is 0 Å². The van der Waals surface area contributed by atoms with Crippen LogP contribution in [0.1, 0.15) is 20.8 Å². The van der Waals surface area contributed by atoms with E-state index in [1.165, 1.54) is 4.90 Å². The lowest BCUT2D eigenvalue weighted by Crippen LogP contribution is -2.34. The third-order valence-electron chi connectivity index (χ3n) is 2.55. The van der Waals surface area contributed by atoms with Gasteiger partial charge in [-0.15, -0.1) is 0 Å². The minimum Gasteiger partial charge on any atom is -0.443 e. The Morgan fingerprint density at radius 3 is 2.61 bits per heavy atom. The van der Waals surface area contributed by atoms with E-state index in [1.807, 2.05) is 61.7 Å². The van der Waals surface area contributed by atoms with Crippen molar-refractivity contribution in [1.29, 1.82) is 0 Å². The molecule has 0 saturated heterocycles. The number of carbonyl (C=O) groups excluding carboxylic acids is 1. The molecule has 2 heterocycles. The topological polar surface area (TPSA) is 34.0 Å². The number of rotatable bonds is 1. The number of aromatic nitrogens is 1. The van der Waals surface area contributed by atoms with Crippen molar-refractivity contribution in [2.45, 2.75) is 26.4 Å². The predicted molar refractivity (Wildman–Crippen MR) is 72.0 cm³/mol. The second-order valence-electron chi connectivity index (χ2n) is 5.23. The van der Waals surface area contributed by atoms with Gasteiger partial charge in [0.05, 0.1) is 0 Å². The Labute approximate surface area is 107 Å². The summed E-state index contributed by atoms with van der Waals surface area (Å²) in [5.41, 5.74) is 0.557. The molecule has 0 saturated carbocycles. The van der Waals surface area contributed by atoms with E-state index in [0.717, 1.165) is 11.3 Å². The highest BCUT2D eigenvalue weighted by atomic mass is 16.6. The van der Waals surface area contributed by atoms with Crippen molar-refractivity contribution in [2.24, 2.45) is 0 Å². The molecule has 4 nitrogen and oxygen atoms in total. The molecule has 4 heteroatoms. The van der Waals surface area contributed by atoms with Gasteiger partial charge in [-0.05, 0) is 45.0 Å². The van der Waals surface area contributed by atoms with Crippen molar-refractivity contribution >= 4 is 17.4 Å². The molecular weight excluding hydrogens is 228 g/mol. The van der Waals surface area contributed by atoms with Gasteiger partial charge in [-0.1, -0.05) is 6.07 Å². The normalized spacial score (nSPS) is 11.6. The number of hydrogen-bond donors (Lipinski definition) is 0. The Balaban J connectivity index is 2.28. The van der Waals surface area contributed by atoms with E-state index in [9.17, 15) is 4.79 Å². The highest BCUT2D eigenvalue weighted by Crippen LogP contribution is 2.20. The fraction of sp³-hybridized carbons (Fsp3) is 0.357. The minimum atomic E-state index is -0.488. The smallest absolute Gasteiger partial charge is 0.415 e. The number of ether oxygens (including phenoxy) is 1. The summed E-state index contributed by atoms with van der Waals surface area (Å²) in [4.78, 5) is 13.5. The van der Waals surface area contributed by atoms with E-state index in [4.69, 9.17) is 4.74 Å². The first-order valence-corrected chi connectivity index (χ1v) is 5.91. The van der Waals surface area contributed by atoms with Crippen molar-refractivity contribution in [3.05, 3.63) is 36.5 Å². The Morgan fingerprint density at radius 1 is 1.22 bits per heavy atom. The summed E-state index contributed by atoms with van der Waals surface area (Å²) in [6.45, 7) is 5.57. The Kier molecular flexibility index (Phi) is 3.03. The molecule has 0 fully saturated rings. The zero-order chi connectivity index (χ0) is 13.3. The van der Waals surface area contributed by atoms with Crippen LogP contribution in [-0.2, 0) is 4.74 Å². The van der Waals surface area contributed by atoms with Crippen molar-refractivity contribution in [2.75, 3.05) is 11.9 Å². The van der Waals surface area contributed by atoms with Crippen LogP contribution in [0.5, 0.6) is 0 Å². The van der Waals surface area contributed by atoms with E-state index < -0.39 is 5.60 Å². The maximum atomic E-state index is 12.0. The standard InChI is InChI=1S/C14H18N2O2/c1-14(2,3)18-13(17)15(4)12-9-8-11-7-5-6-10-16(11)12/h5-10H,1-4H3. The molecule has 0 radical (unpaired) electrons. The number of fused-ring (bicyclic) bond motifs is 1. The maximum absolute atomic E-state index is 12.0. The molecule has 96 valence electrons. The van der Waals surface area contributed by atoms with Gasteiger partial charge in [0.1, 0.15) is 11.4 Å². The molecule has 0 aliphatic rings. The van der Waals surface area contributed by atoms with E-state index >= 15 is 0 Å². The summed E-state index contributed by atoms with van der Waals surface area (Å²) >= 11 is 0. The SMILES string of the molecule is CN(C(=O)OC(C)(C)C)c1ccc2ccccn12. The van der Waals surface area contributed by atoms with E-state index in [0.29, 0.717) is 0 Å². The summed E-state index contributed by atoms with van der Waals surface area (Å²) in [5, 5.41) is 0. The van der Waals surface area contributed by atoms with Crippen LogP contribution in [0.25, 0.3) is 5.52 Å². The molecule has 0 aliphatic carbocycles. The molecule has 0 atom stereocenters. The number of pyridine rings is 1. The van der Waals surface area contributed by atoms with Crippen LogP contribution >= 0.6 is 0 Å². The fourth-order valence-corrected chi connectivity index (χ4v) is 1.74. The molecule has 2 aromatic heterocycles. The monoisotopic (exact) mass is 246 g/mol. The number of amides is 1. The van der Waals surface area contributed by atoms with Gasteiger partial charge in [0.15, 0.2) is 0 Å². The number of hydrogen-bond acceptors (Lipinski definition) is 2. The first kappa shape index (κ1) is 12.5. The summed E-state index contributed by atoms with van der Waals surface area (Å²) in [5.74, 6) is 0.792. The van der Waals surface area contributed by atoms with Gasteiger partial charge in [0, 0.05) is 18.8 Å². The van der Waals surface area contributed by atoms with E-state index in [2.05, 4.69) is 0 Å². The van der Waals surface area contributed by atoms with Crippen LogP contribution in [0.2, 0.25) is 0 Å². The average Bonchev–Trinajstić information content (AvgIpc) is 2.69. The van der Waals surface area contributed by atoms with Crippen LogP contribution in [0, 0.1) is 0 Å². The van der Waals surface area contributed by atoms with Gasteiger partial charge < -0.3 is 9.14 Å². The van der Waals surface area contributed by atoms with Crippen LogP contribution in [-0.4, -0.2) is 23.1 Å². The molecule has 2 rings (SSSR count). The number of nitrogens with zero attached hydrogens (tertiary/aromatic N) is 2. The van der Waals surface area contributed by atoms with E-state index in [-0.39, 0.29) is 6.09 Å². The summed E-state index contributed by atoms with van der Waals surface area (Å²) in [7, 11) is 1.71. The third-order valence-corrected chi connectivity index (χ3v) is 2.55. The van der Waals surface area contributed by atoms with Crippen molar-refractivity contribution in [1.82, 2.24) is 4.40 Å². The predicted octanol–water partition coefficient (Wildman–Crippen LogP) is 3.31. The number of anilines is 1. The second-order valence-corrected chi connectivity index (χ2v) is 5.23. The Hall–Kier alpha value is -1.97. The molecule has 0 unspecified atom stereocenters. The molecule has 0 spiro atoms.